The smallest absolute Gasteiger partial charge is 0.253 e. The molecule has 1 aromatic heterocycles. The predicted molar refractivity (Wildman–Crippen MR) is 75.4 cm³/mol. The van der Waals surface area contributed by atoms with Crippen LogP contribution in [0.15, 0.2) is 22.9 Å². The molecule has 1 heterocycles. The number of carbonyl (C=O) groups excluding carboxylic acids is 1. The lowest BCUT2D eigenvalue weighted by Crippen LogP contribution is -2.37. The van der Waals surface area contributed by atoms with Crippen LogP contribution in [0.25, 0.3) is 0 Å². The first-order valence-electron chi connectivity index (χ1n) is 6.53. The van der Waals surface area contributed by atoms with Crippen LogP contribution in [0.4, 0.5) is 0 Å². The molecule has 3 nitrogen and oxygen atoms in total. The Labute approximate surface area is 117 Å². The lowest BCUT2D eigenvalue weighted by atomic mass is 9.93. The first kappa shape index (κ1) is 13.5. The molecule has 0 bridgehead atoms. The maximum Gasteiger partial charge on any atom is 0.253 e. The third-order valence-electron chi connectivity index (χ3n) is 4.03. The molecule has 1 amide bonds. The van der Waals surface area contributed by atoms with Crippen molar-refractivity contribution in [3.8, 4) is 0 Å². The number of halogens is 1. The van der Waals surface area contributed by atoms with E-state index >= 15 is 0 Å². The number of amides is 1. The number of nitrogens with one attached hydrogen (secondary N) is 1. The molecule has 1 aromatic rings. The summed E-state index contributed by atoms with van der Waals surface area (Å²) < 4.78 is 0.834. The van der Waals surface area contributed by atoms with Crippen LogP contribution < -0.4 is 5.32 Å². The number of aromatic nitrogens is 1. The Kier molecular flexibility index (Phi) is 4.38. The molecule has 1 fully saturated rings. The Morgan fingerprint density at radius 3 is 2.89 bits per heavy atom. The summed E-state index contributed by atoms with van der Waals surface area (Å²) in [5.74, 6) is 1.30. The number of nitrogens with zero attached hydrogens (tertiary/aromatic N) is 1. The van der Waals surface area contributed by atoms with Gasteiger partial charge in [-0.1, -0.05) is 20.3 Å². The van der Waals surface area contributed by atoms with Crippen LogP contribution >= 0.6 is 15.9 Å². The summed E-state index contributed by atoms with van der Waals surface area (Å²) in [5.41, 5.74) is 0.622. The van der Waals surface area contributed by atoms with Crippen molar-refractivity contribution in [2.75, 3.05) is 0 Å². The van der Waals surface area contributed by atoms with E-state index in [-0.39, 0.29) is 5.91 Å². The predicted octanol–water partition coefficient (Wildman–Crippen LogP) is 3.40. The molecular formula is C14H19BrN2O. The zero-order valence-corrected chi connectivity index (χ0v) is 12.4. The van der Waals surface area contributed by atoms with Gasteiger partial charge in [-0.05, 0) is 46.7 Å². The van der Waals surface area contributed by atoms with E-state index in [9.17, 15) is 4.79 Å². The lowest BCUT2D eigenvalue weighted by molar-refractivity contribution is 0.0926. The Hall–Kier alpha value is -0.900. The van der Waals surface area contributed by atoms with Gasteiger partial charge in [0.2, 0.25) is 0 Å². The van der Waals surface area contributed by atoms with Crippen LogP contribution in [0.3, 0.4) is 0 Å². The second-order valence-corrected chi connectivity index (χ2v) is 5.99. The third kappa shape index (κ3) is 2.91. The van der Waals surface area contributed by atoms with E-state index < -0.39 is 0 Å². The molecule has 98 valence electrons. The molecule has 0 aromatic carbocycles. The van der Waals surface area contributed by atoms with E-state index in [4.69, 9.17) is 0 Å². The fourth-order valence-corrected chi connectivity index (χ4v) is 3.18. The van der Waals surface area contributed by atoms with E-state index in [0.717, 1.165) is 16.8 Å². The largest absolute Gasteiger partial charge is 0.349 e. The number of hydrogen-bond donors (Lipinski definition) is 1. The summed E-state index contributed by atoms with van der Waals surface area (Å²) in [4.78, 5) is 16.1. The van der Waals surface area contributed by atoms with E-state index in [1.165, 1.54) is 12.8 Å². The molecule has 2 rings (SSSR count). The Bertz CT molecular complexity index is 436. The highest BCUT2D eigenvalue weighted by molar-refractivity contribution is 9.10. The number of rotatable bonds is 3. The summed E-state index contributed by atoms with van der Waals surface area (Å²) in [6, 6.07) is 2.11. The van der Waals surface area contributed by atoms with Crippen LogP contribution in [0, 0.1) is 11.8 Å². The van der Waals surface area contributed by atoms with Gasteiger partial charge in [-0.2, -0.15) is 0 Å². The maximum atomic E-state index is 12.1. The average molecular weight is 311 g/mol. The van der Waals surface area contributed by atoms with Gasteiger partial charge in [0.1, 0.15) is 0 Å². The molecule has 1 aliphatic rings. The minimum atomic E-state index is -0.0163. The highest BCUT2D eigenvalue weighted by Gasteiger charge is 2.32. The van der Waals surface area contributed by atoms with Gasteiger partial charge in [0.15, 0.2) is 0 Å². The van der Waals surface area contributed by atoms with Gasteiger partial charge < -0.3 is 5.32 Å². The standard InChI is InChI=1S/C14H19BrN2O/c1-3-10-4-5-13(9(10)2)17-14(18)11-6-12(15)8-16-7-11/h6-10,13H,3-5H2,1-2H3,(H,17,18). The Morgan fingerprint density at radius 2 is 2.28 bits per heavy atom. The first-order valence-corrected chi connectivity index (χ1v) is 7.32. The van der Waals surface area contributed by atoms with Crippen molar-refractivity contribution >= 4 is 21.8 Å². The summed E-state index contributed by atoms with van der Waals surface area (Å²) in [5, 5.41) is 3.14. The van der Waals surface area contributed by atoms with Crippen LogP contribution in [0.2, 0.25) is 0 Å². The van der Waals surface area contributed by atoms with E-state index in [1.54, 1.807) is 18.5 Å². The quantitative estimate of drug-likeness (QED) is 0.929. The Balaban J connectivity index is 2.00. The van der Waals surface area contributed by atoms with Gasteiger partial charge in [-0.25, -0.2) is 0 Å². The van der Waals surface area contributed by atoms with Gasteiger partial charge in [-0.3, -0.25) is 9.78 Å². The first-order chi connectivity index (χ1) is 8.61. The highest BCUT2D eigenvalue weighted by atomic mass is 79.9. The van der Waals surface area contributed by atoms with Crippen molar-refractivity contribution < 1.29 is 4.79 Å². The molecular weight excluding hydrogens is 292 g/mol. The van der Waals surface area contributed by atoms with Crippen molar-refractivity contribution in [1.82, 2.24) is 10.3 Å². The second-order valence-electron chi connectivity index (χ2n) is 5.08. The summed E-state index contributed by atoms with van der Waals surface area (Å²) in [6.07, 6.45) is 6.80. The molecule has 4 heteroatoms. The number of carbonyl (C=O) groups is 1. The molecule has 0 aliphatic heterocycles. The fraction of sp³-hybridized carbons (Fsp3) is 0.571. The minimum absolute atomic E-state index is 0.0163. The Morgan fingerprint density at radius 1 is 1.50 bits per heavy atom. The van der Waals surface area contributed by atoms with Gasteiger partial charge in [0, 0.05) is 22.9 Å². The molecule has 3 unspecified atom stereocenters. The second kappa shape index (κ2) is 5.83. The van der Waals surface area contributed by atoms with E-state index in [0.29, 0.717) is 17.5 Å². The fourth-order valence-electron chi connectivity index (χ4n) is 2.82. The van der Waals surface area contributed by atoms with Gasteiger partial charge in [0.05, 0.1) is 5.56 Å². The minimum Gasteiger partial charge on any atom is -0.349 e. The topological polar surface area (TPSA) is 42.0 Å². The zero-order valence-electron chi connectivity index (χ0n) is 10.8. The molecule has 18 heavy (non-hydrogen) atoms. The van der Waals surface area contributed by atoms with Gasteiger partial charge in [0.25, 0.3) is 5.91 Å². The molecule has 0 saturated heterocycles. The third-order valence-corrected chi connectivity index (χ3v) is 4.47. The summed E-state index contributed by atoms with van der Waals surface area (Å²) in [6.45, 7) is 4.47. The van der Waals surface area contributed by atoms with Crippen LogP contribution in [0.5, 0.6) is 0 Å². The van der Waals surface area contributed by atoms with Crippen molar-refractivity contribution in [1.29, 1.82) is 0 Å². The normalized spacial score (nSPS) is 27.2. The average Bonchev–Trinajstić information content (AvgIpc) is 2.70. The molecule has 1 saturated carbocycles. The number of pyridine rings is 1. The summed E-state index contributed by atoms with van der Waals surface area (Å²) in [7, 11) is 0. The maximum absolute atomic E-state index is 12.1. The monoisotopic (exact) mass is 310 g/mol. The molecule has 1 N–H and O–H groups in total. The van der Waals surface area contributed by atoms with Crippen molar-refractivity contribution in [3.63, 3.8) is 0 Å². The van der Waals surface area contributed by atoms with Gasteiger partial charge in [-0.15, -0.1) is 0 Å². The molecule has 0 spiro atoms. The van der Waals surface area contributed by atoms with Gasteiger partial charge >= 0.3 is 0 Å². The zero-order chi connectivity index (χ0) is 13.1. The number of hydrogen-bond acceptors (Lipinski definition) is 2. The van der Waals surface area contributed by atoms with Crippen molar-refractivity contribution in [2.45, 2.75) is 39.2 Å². The highest BCUT2D eigenvalue weighted by Crippen LogP contribution is 2.33. The molecule has 3 atom stereocenters. The SMILES string of the molecule is CCC1CCC(NC(=O)c2cncc(Br)c2)C1C. The van der Waals surface area contributed by atoms with Crippen LogP contribution in [0.1, 0.15) is 43.5 Å². The van der Waals surface area contributed by atoms with Crippen LogP contribution in [-0.4, -0.2) is 16.9 Å². The molecule has 0 radical (unpaired) electrons. The molecule has 1 aliphatic carbocycles. The van der Waals surface area contributed by atoms with Crippen LogP contribution in [-0.2, 0) is 0 Å². The van der Waals surface area contributed by atoms with Crippen molar-refractivity contribution in [3.05, 3.63) is 28.5 Å². The van der Waals surface area contributed by atoms with E-state index in [2.05, 4.69) is 40.1 Å². The lowest BCUT2D eigenvalue weighted by Gasteiger charge is -2.20. The van der Waals surface area contributed by atoms with Crippen molar-refractivity contribution in [2.24, 2.45) is 11.8 Å². The summed E-state index contributed by atoms with van der Waals surface area (Å²) >= 11 is 3.33. The van der Waals surface area contributed by atoms with E-state index in [1.807, 2.05) is 0 Å².